The first-order valence-electron chi connectivity index (χ1n) is 7.64. The number of hydrogen-bond acceptors (Lipinski definition) is 2. The summed E-state index contributed by atoms with van der Waals surface area (Å²) in [5.41, 5.74) is 3.70. The smallest absolute Gasteiger partial charge is 0.152 e. The van der Waals surface area contributed by atoms with Crippen LogP contribution in [0.3, 0.4) is 0 Å². The van der Waals surface area contributed by atoms with Gasteiger partial charge < -0.3 is 9.72 Å². The lowest BCUT2D eigenvalue weighted by Crippen LogP contribution is -1.95. The Balaban J connectivity index is 1.84. The van der Waals surface area contributed by atoms with Gasteiger partial charge >= 0.3 is 0 Å². The van der Waals surface area contributed by atoms with Crippen molar-refractivity contribution in [2.45, 2.75) is 19.4 Å². The van der Waals surface area contributed by atoms with Crippen molar-refractivity contribution in [3.63, 3.8) is 0 Å². The molecule has 0 unspecified atom stereocenters. The molecule has 3 rings (SSSR count). The van der Waals surface area contributed by atoms with E-state index in [0.29, 0.717) is 18.1 Å². The average molecular weight is 328 g/mol. The van der Waals surface area contributed by atoms with Crippen LogP contribution in [0.2, 0.25) is 0 Å². The molecule has 0 spiro atoms. The normalized spacial score (nSPS) is 10.8. The second-order valence-corrected chi connectivity index (χ2v) is 5.79. The lowest BCUT2D eigenvalue weighted by molar-refractivity contribution is 0.112. The van der Waals surface area contributed by atoms with E-state index >= 15 is 0 Å². The third kappa shape index (κ3) is 3.57. The van der Waals surface area contributed by atoms with Crippen molar-refractivity contribution in [2.75, 3.05) is 5.88 Å². The second-order valence-electron chi connectivity index (χ2n) is 5.41. The van der Waals surface area contributed by atoms with Crippen molar-refractivity contribution >= 4 is 28.8 Å². The zero-order valence-corrected chi connectivity index (χ0v) is 13.5. The predicted octanol–water partition coefficient (Wildman–Crippen LogP) is 4.73. The first-order valence-corrected chi connectivity index (χ1v) is 8.17. The third-order valence-electron chi connectivity index (χ3n) is 3.82. The van der Waals surface area contributed by atoms with Crippen LogP contribution >= 0.6 is 11.6 Å². The van der Waals surface area contributed by atoms with Gasteiger partial charge in [-0.2, -0.15) is 0 Å². The number of halogens is 1. The number of benzene rings is 2. The Bertz CT molecular complexity index is 796. The first kappa shape index (κ1) is 15.6. The first-order chi connectivity index (χ1) is 11.3. The Kier molecular flexibility index (Phi) is 4.99. The standard InChI is InChI=1S/C19H18ClNO2/c20-10-4-7-18-17(12-22)16-11-15(8-9-19(16)21-18)23-13-14-5-2-1-3-6-14/h1-3,5-6,8-9,11-12,21H,4,7,10,13H2. The van der Waals surface area contributed by atoms with E-state index in [1.54, 1.807) is 0 Å². The number of nitrogens with one attached hydrogen (secondary N) is 1. The van der Waals surface area contributed by atoms with Crippen molar-refractivity contribution in [1.82, 2.24) is 4.98 Å². The van der Waals surface area contributed by atoms with Crippen LogP contribution in [0.15, 0.2) is 48.5 Å². The summed E-state index contributed by atoms with van der Waals surface area (Å²) in [5, 5.41) is 0.898. The highest BCUT2D eigenvalue weighted by Gasteiger charge is 2.11. The van der Waals surface area contributed by atoms with E-state index in [9.17, 15) is 4.79 Å². The van der Waals surface area contributed by atoms with E-state index in [2.05, 4.69) is 4.98 Å². The molecule has 0 aliphatic heterocycles. The van der Waals surface area contributed by atoms with Crippen LogP contribution < -0.4 is 4.74 Å². The summed E-state index contributed by atoms with van der Waals surface area (Å²) in [6, 6.07) is 15.8. The molecule has 0 radical (unpaired) electrons. The average Bonchev–Trinajstić information content (AvgIpc) is 2.95. The predicted molar refractivity (Wildman–Crippen MR) is 93.5 cm³/mol. The summed E-state index contributed by atoms with van der Waals surface area (Å²) in [6.07, 6.45) is 2.52. The Labute approximate surface area is 140 Å². The van der Waals surface area contributed by atoms with E-state index in [0.717, 1.165) is 47.0 Å². The number of carbonyl (C=O) groups excluding carboxylic acids is 1. The van der Waals surface area contributed by atoms with Crippen LogP contribution in [0.4, 0.5) is 0 Å². The number of aromatic nitrogens is 1. The lowest BCUT2D eigenvalue weighted by atomic mass is 10.1. The fourth-order valence-corrected chi connectivity index (χ4v) is 2.79. The van der Waals surface area contributed by atoms with Gasteiger partial charge in [0.2, 0.25) is 0 Å². The molecular weight excluding hydrogens is 310 g/mol. The zero-order chi connectivity index (χ0) is 16.1. The summed E-state index contributed by atoms with van der Waals surface area (Å²) in [5.74, 6) is 1.34. The molecule has 118 valence electrons. The Hall–Kier alpha value is -2.26. The third-order valence-corrected chi connectivity index (χ3v) is 4.09. The molecule has 4 heteroatoms. The molecule has 1 heterocycles. The summed E-state index contributed by atoms with van der Waals surface area (Å²) < 4.78 is 5.84. The van der Waals surface area contributed by atoms with Crippen LogP contribution in [0.5, 0.6) is 5.75 Å². The second kappa shape index (κ2) is 7.34. The number of carbonyl (C=O) groups is 1. The van der Waals surface area contributed by atoms with Gasteiger partial charge in [0.25, 0.3) is 0 Å². The van der Waals surface area contributed by atoms with Crippen LogP contribution in [-0.4, -0.2) is 17.2 Å². The number of rotatable bonds is 7. The number of aromatic amines is 1. The Morgan fingerprint density at radius 2 is 1.96 bits per heavy atom. The number of aryl methyl sites for hydroxylation is 1. The minimum Gasteiger partial charge on any atom is -0.489 e. The maximum atomic E-state index is 11.5. The van der Waals surface area contributed by atoms with Gasteiger partial charge in [-0.3, -0.25) is 4.79 Å². The monoisotopic (exact) mass is 327 g/mol. The number of aldehydes is 1. The number of fused-ring (bicyclic) bond motifs is 1. The molecule has 0 saturated carbocycles. The molecule has 23 heavy (non-hydrogen) atoms. The van der Waals surface area contributed by atoms with Gasteiger partial charge in [-0.15, -0.1) is 11.6 Å². The Morgan fingerprint density at radius 1 is 1.13 bits per heavy atom. The molecule has 0 amide bonds. The zero-order valence-electron chi connectivity index (χ0n) is 12.7. The van der Waals surface area contributed by atoms with E-state index in [4.69, 9.17) is 16.3 Å². The maximum Gasteiger partial charge on any atom is 0.152 e. The molecule has 0 aliphatic rings. The molecule has 0 saturated heterocycles. The van der Waals surface area contributed by atoms with Gasteiger partial charge in [-0.1, -0.05) is 30.3 Å². The van der Waals surface area contributed by atoms with E-state index in [-0.39, 0.29) is 0 Å². The van der Waals surface area contributed by atoms with Crippen molar-refractivity contribution in [1.29, 1.82) is 0 Å². The molecule has 3 aromatic rings. The Morgan fingerprint density at radius 3 is 2.70 bits per heavy atom. The van der Waals surface area contributed by atoms with Crippen molar-refractivity contribution in [3.8, 4) is 5.75 Å². The fraction of sp³-hybridized carbons (Fsp3) is 0.211. The minimum absolute atomic E-state index is 0.506. The van der Waals surface area contributed by atoms with Crippen LogP contribution in [0, 0.1) is 0 Å². The molecular formula is C19H18ClNO2. The van der Waals surface area contributed by atoms with Gasteiger partial charge in [-0.25, -0.2) is 0 Å². The molecule has 1 aromatic heterocycles. The molecule has 0 fully saturated rings. The highest BCUT2D eigenvalue weighted by atomic mass is 35.5. The van der Waals surface area contributed by atoms with Crippen molar-refractivity contribution in [2.24, 2.45) is 0 Å². The molecule has 0 atom stereocenters. The molecule has 1 N–H and O–H groups in total. The minimum atomic E-state index is 0.506. The van der Waals surface area contributed by atoms with Crippen molar-refractivity contribution in [3.05, 3.63) is 65.4 Å². The molecule has 0 bridgehead atoms. The number of hydrogen-bond donors (Lipinski definition) is 1. The lowest BCUT2D eigenvalue weighted by Gasteiger charge is -2.06. The van der Waals surface area contributed by atoms with Gasteiger partial charge in [0, 0.05) is 28.0 Å². The van der Waals surface area contributed by atoms with Crippen LogP contribution in [0.1, 0.15) is 28.0 Å². The van der Waals surface area contributed by atoms with Gasteiger partial charge in [0.15, 0.2) is 6.29 Å². The van der Waals surface area contributed by atoms with E-state index in [1.165, 1.54) is 0 Å². The van der Waals surface area contributed by atoms with Gasteiger partial charge in [0.05, 0.1) is 0 Å². The largest absolute Gasteiger partial charge is 0.489 e. The SMILES string of the molecule is O=Cc1c(CCCCl)[nH]c2ccc(OCc3ccccc3)cc12. The maximum absolute atomic E-state index is 11.5. The summed E-state index contributed by atoms with van der Waals surface area (Å²) in [6.45, 7) is 0.506. The summed E-state index contributed by atoms with van der Waals surface area (Å²) >= 11 is 5.75. The summed E-state index contributed by atoms with van der Waals surface area (Å²) in [4.78, 5) is 14.8. The van der Waals surface area contributed by atoms with Gasteiger partial charge in [-0.05, 0) is 36.6 Å². The van der Waals surface area contributed by atoms with Crippen LogP contribution in [-0.2, 0) is 13.0 Å². The van der Waals surface area contributed by atoms with Gasteiger partial charge in [0.1, 0.15) is 12.4 Å². The van der Waals surface area contributed by atoms with Crippen molar-refractivity contribution < 1.29 is 9.53 Å². The van der Waals surface area contributed by atoms with E-state index in [1.807, 2.05) is 48.5 Å². The number of H-pyrrole nitrogens is 1. The van der Waals surface area contributed by atoms with E-state index < -0.39 is 0 Å². The van der Waals surface area contributed by atoms with Crippen LogP contribution in [0.25, 0.3) is 10.9 Å². The topological polar surface area (TPSA) is 42.1 Å². The summed E-state index contributed by atoms with van der Waals surface area (Å²) in [7, 11) is 0. The quantitative estimate of drug-likeness (QED) is 0.503. The fourth-order valence-electron chi connectivity index (χ4n) is 2.65. The molecule has 3 nitrogen and oxygen atoms in total. The number of ether oxygens (including phenoxy) is 1. The highest BCUT2D eigenvalue weighted by molar-refractivity contribution is 6.17. The molecule has 2 aromatic carbocycles. The number of alkyl halides is 1. The highest BCUT2D eigenvalue weighted by Crippen LogP contribution is 2.27. The molecule has 0 aliphatic carbocycles.